The molecule has 0 aromatic heterocycles. The lowest BCUT2D eigenvalue weighted by Crippen LogP contribution is -2.44. The summed E-state index contributed by atoms with van der Waals surface area (Å²) < 4.78 is 24.0. The lowest BCUT2D eigenvalue weighted by Gasteiger charge is -2.34. The topological polar surface area (TPSA) is 86.7 Å². The van der Waals surface area contributed by atoms with Crippen LogP contribution >= 0.6 is 0 Å². The molecule has 4 rings (SSSR count). The van der Waals surface area contributed by atoms with Crippen molar-refractivity contribution in [2.75, 3.05) is 23.7 Å². The first-order valence-electron chi connectivity index (χ1n) is 11.6. The summed E-state index contributed by atoms with van der Waals surface area (Å²) in [5.41, 5.74) is 3.39. The van der Waals surface area contributed by atoms with Gasteiger partial charge in [-0.1, -0.05) is 43.3 Å². The summed E-state index contributed by atoms with van der Waals surface area (Å²) >= 11 is 0. The molecule has 0 bridgehead atoms. The molecule has 1 heterocycles. The third kappa shape index (κ3) is 5.59. The molecule has 0 radical (unpaired) electrons. The number of phenols is 1. The van der Waals surface area contributed by atoms with E-state index in [1.165, 1.54) is 0 Å². The molecule has 1 fully saturated rings. The number of hydrogen-bond acceptors (Lipinski definition) is 5. The Morgan fingerprint density at radius 3 is 2.29 bits per heavy atom. The number of amides is 1. The molecule has 0 unspecified atom stereocenters. The van der Waals surface area contributed by atoms with Crippen molar-refractivity contribution in [3.05, 3.63) is 89.5 Å². The number of hydrogen-bond donors (Lipinski definition) is 2. The summed E-state index contributed by atoms with van der Waals surface area (Å²) in [7, 11) is -3.21. The van der Waals surface area contributed by atoms with Crippen LogP contribution in [-0.2, 0) is 16.3 Å². The van der Waals surface area contributed by atoms with E-state index in [2.05, 4.69) is 10.2 Å². The van der Waals surface area contributed by atoms with Gasteiger partial charge in [-0.25, -0.2) is 8.42 Å². The molecular formula is C27H30N2O4S. The van der Waals surface area contributed by atoms with Gasteiger partial charge in [-0.05, 0) is 66.8 Å². The zero-order valence-corrected chi connectivity index (χ0v) is 20.1. The van der Waals surface area contributed by atoms with Gasteiger partial charge in [0.15, 0.2) is 9.84 Å². The van der Waals surface area contributed by atoms with Crippen molar-refractivity contribution in [2.45, 2.75) is 37.1 Å². The standard InChI is InChI=1S/C27H30N2O4S/c1-2-34(32,33)24-11-9-23(10-12-24)29-16-14-22(15-17-29)28-27(31)25-19-21(8-13-26(25)30)18-20-6-4-3-5-7-20/h3-13,19,22,30H,2,14-18H2,1H3,(H,28,31). The van der Waals surface area contributed by atoms with Crippen molar-refractivity contribution in [3.8, 4) is 5.75 Å². The van der Waals surface area contributed by atoms with E-state index < -0.39 is 9.84 Å². The molecule has 0 saturated carbocycles. The van der Waals surface area contributed by atoms with E-state index in [9.17, 15) is 18.3 Å². The van der Waals surface area contributed by atoms with Crippen LogP contribution in [0.4, 0.5) is 5.69 Å². The Balaban J connectivity index is 1.35. The van der Waals surface area contributed by atoms with Gasteiger partial charge < -0.3 is 15.3 Å². The second kappa shape index (κ2) is 10.3. The first-order chi connectivity index (χ1) is 16.4. The first-order valence-corrected chi connectivity index (χ1v) is 13.3. The molecule has 0 atom stereocenters. The smallest absolute Gasteiger partial charge is 0.255 e. The van der Waals surface area contributed by atoms with Crippen LogP contribution in [0.1, 0.15) is 41.3 Å². The number of piperidine rings is 1. The van der Waals surface area contributed by atoms with Gasteiger partial charge in [0.2, 0.25) is 0 Å². The Labute approximate surface area is 201 Å². The molecule has 1 aliphatic heterocycles. The van der Waals surface area contributed by atoms with E-state index in [4.69, 9.17) is 0 Å². The molecule has 1 aliphatic rings. The molecule has 178 valence electrons. The van der Waals surface area contributed by atoms with E-state index in [-0.39, 0.29) is 23.5 Å². The fourth-order valence-electron chi connectivity index (χ4n) is 4.28. The molecule has 3 aromatic rings. The third-order valence-corrected chi connectivity index (χ3v) is 8.08. The van der Waals surface area contributed by atoms with E-state index in [1.807, 2.05) is 48.5 Å². The number of anilines is 1. The fraction of sp³-hybridized carbons (Fsp3) is 0.296. The quantitative estimate of drug-likeness (QED) is 0.532. The number of carbonyl (C=O) groups excluding carboxylic acids is 1. The van der Waals surface area contributed by atoms with Crippen LogP contribution in [-0.4, -0.2) is 44.3 Å². The lowest BCUT2D eigenvalue weighted by atomic mass is 10.0. The normalized spacial score (nSPS) is 14.7. The number of phenolic OH excluding ortho intramolecular Hbond substituents is 1. The van der Waals surface area contributed by atoms with Crippen LogP contribution in [0.3, 0.4) is 0 Å². The zero-order chi connectivity index (χ0) is 24.1. The van der Waals surface area contributed by atoms with Gasteiger partial charge in [-0.3, -0.25) is 4.79 Å². The summed E-state index contributed by atoms with van der Waals surface area (Å²) in [4.78, 5) is 15.4. The number of rotatable bonds is 7. The van der Waals surface area contributed by atoms with Crippen molar-refractivity contribution in [1.82, 2.24) is 5.32 Å². The highest BCUT2D eigenvalue weighted by molar-refractivity contribution is 7.91. The van der Waals surface area contributed by atoms with Crippen LogP contribution in [0.5, 0.6) is 5.75 Å². The van der Waals surface area contributed by atoms with Crippen molar-refractivity contribution in [1.29, 1.82) is 0 Å². The minimum Gasteiger partial charge on any atom is -0.507 e. The SMILES string of the molecule is CCS(=O)(=O)c1ccc(N2CCC(NC(=O)c3cc(Cc4ccccc4)ccc3O)CC2)cc1. The maximum absolute atomic E-state index is 12.9. The number of aromatic hydroxyl groups is 1. The minimum atomic E-state index is -3.21. The van der Waals surface area contributed by atoms with Crippen molar-refractivity contribution < 1.29 is 18.3 Å². The predicted octanol–water partition coefficient (Wildman–Crippen LogP) is 4.18. The Morgan fingerprint density at radius 1 is 0.971 bits per heavy atom. The zero-order valence-electron chi connectivity index (χ0n) is 19.3. The minimum absolute atomic E-state index is 0.0145. The summed E-state index contributed by atoms with van der Waals surface area (Å²) in [5, 5.41) is 13.3. The van der Waals surface area contributed by atoms with E-state index >= 15 is 0 Å². The van der Waals surface area contributed by atoms with Crippen LogP contribution < -0.4 is 10.2 Å². The Hall–Kier alpha value is -3.32. The highest BCUT2D eigenvalue weighted by Crippen LogP contribution is 2.24. The average molecular weight is 479 g/mol. The molecule has 1 saturated heterocycles. The molecule has 3 aromatic carbocycles. The highest BCUT2D eigenvalue weighted by atomic mass is 32.2. The molecule has 0 spiro atoms. The van der Waals surface area contributed by atoms with E-state index in [0.29, 0.717) is 16.9 Å². The Bertz CT molecular complexity index is 1230. The first kappa shape index (κ1) is 23.8. The molecule has 2 N–H and O–H groups in total. The molecule has 6 nitrogen and oxygen atoms in total. The van der Waals surface area contributed by atoms with Gasteiger partial charge in [0.05, 0.1) is 16.2 Å². The second-order valence-corrected chi connectivity index (χ2v) is 10.9. The van der Waals surface area contributed by atoms with Gasteiger partial charge in [-0.15, -0.1) is 0 Å². The summed E-state index contributed by atoms with van der Waals surface area (Å²) in [5.74, 6) is -0.198. The number of nitrogens with zero attached hydrogens (tertiary/aromatic N) is 1. The monoisotopic (exact) mass is 478 g/mol. The molecule has 34 heavy (non-hydrogen) atoms. The number of sulfone groups is 1. The molecule has 7 heteroatoms. The Kier molecular flexibility index (Phi) is 7.22. The van der Waals surface area contributed by atoms with Crippen LogP contribution in [0, 0.1) is 0 Å². The van der Waals surface area contributed by atoms with Gasteiger partial charge in [0, 0.05) is 24.8 Å². The summed E-state index contributed by atoms with van der Waals surface area (Å²) in [6, 6.07) is 22.2. The average Bonchev–Trinajstić information content (AvgIpc) is 2.86. The van der Waals surface area contributed by atoms with Crippen molar-refractivity contribution >= 4 is 21.4 Å². The maximum Gasteiger partial charge on any atom is 0.255 e. The predicted molar refractivity (Wildman–Crippen MR) is 134 cm³/mol. The van der Waals surface area contributed by atoms with Crippen LogP contribution in [0.15, 0.2) is 77.7 Å². The van der Waals surface area contributed by atoms with Crippen LogP contribution in [0.2, 0.25) is 0 Å². The molecular weight excluding hydrogens is 448 g/mol. The largest absolute Gasteiger partial charge is 0.507 e. The van der Waals surface area contributed by atoms with Crippen LogP contribution in [0.25, 0.3) is 0 Å². The van der Waals surface area contributed by atoms with Gasteiger partial charge in [0.1, 0.15) is 5.75 Å². The Morgan fingerprint density at radius 2 is 1.65 bits per heavy atom. The summed E-state index contributed by atoms with van der Waals surface area (Å²) in [6.45, 7) is 3.15. The number of benzene rings is 3. The van der Waals surface area contributed by atoms with Gasteiger partial charge >= 0.3 is 0 Å². The number of carbonyl (C=O) groups is 1. The number of nitrogens with one attached hydrogen (secondary N) is 1. The van der Waals surface area contributed by atoms with Crippen molar-refractivity contribution in [3.63, 3.8) is 0 Å². The maximum atomic E-state index is 12.9. The third-order valence-electron chi connectivity index (χ3n) is 6.33. The molecule has 1 amide bonds. The lowest BCUT2D eigenvalue weighted by molar-refractivity contribution is 0.0928. The highest BCUT2D eigenvalue weighted by Gasteiger charge is 2.23. The molecule has 0 aliphatic carbocycles. The summed E-state index contributed by atoms with van der Waals surface area (Å²) in [6.07, 6.45) is 2.23. The van der Waals surface area contributed by atoms with E-state index in [0.717, 1.165) is 42.7 Å². The fourth-order valence-corrected chi connectivity index (χ4v) is 5.17. The van der Waals surface area contributed by atoms with Gasteiger partial charge in [0.25, 0.3) is 5.91 Å². The van der Waals surface area contributed by atoms with Crippen molar-refractivity contribution in [2.24, 2.45) is 0 Å². The van der Waals surface area contributed by atoms with E-state index in [1.54, 1.807) is 31.2 Å². The van der Waals surface area contributed by atoms with Gasteiger partial charge in [-0.2, -0.15) is 0 Å². The second-order valence-electron chi connectivity index (χ2n) is 8.65.